The molecule has 2 amide bonds. The first kappa shape index (κ1) is 17.0. The summed E-state index contributed by atoms with van der Waals surface area (Å²) in [6.07, 6.45) is 4.52. The first-order valence-corrected chi connectivity index (χ1v) is 8.67. The lowest BCUT2D eigenvalue weighted by Crippen LogP contribution is -2.51. The fourth-order valence-electron chi connectivity index (χ4n) is 3.14. The van der Waals surface area contributed by atoms with E-state index >= 15 is 0 Å². The summed E-state index contributed by atoms with van der Waals surface area (Å²) < 4.78 is 10.7. The van der Waals surface area contributed by atoms with E-state index in [2.05, 4.69) is 5.32 Å². The quantitative estimate of drug-likeness (QED) is 0.776. The van der Waals surface area contributed by atoms with Gasteiger partial charge in [0, 0.05) is 52.3 Å². The van der Waals surface area contributed by atoms with Gasteiger partial charge in [-0.05, 0) is 25.0 Å². The Bertz CT molecular complexity index is 532. The number of nitrogens with zero attached hydrogens (tertiary/aromatic N) is 2. The van der Waals surface area contributed by atoms with Gasteiger partial charge in [-0.2, -0.15) is 0 Å². The van der Waals surface area contributed by atoms with Crippen molar-refractivity contribution in [1.82, 2.24) is 15.1 Å². The van der Waals surface area contributed by atoms with Crippen LogP contribution < -0.4 is 5.32 Å². The third-order valence-electron chi connectivity index (χ3n) is 4.56. The molecule has 0 aromatic carbocycles. The van der Waals surface area contributed by atoms with Gasteiger partial charge >= 0.3 is 0 Å². The first-order valence-electron chi connectivity index (χ1n) is 8.67. The molecule has 2 saturated heterocycles. The van der Waals surface area contributed by atoms with Crippen LogP contribution in [0.3, 0.4) is 0 Å². The molecular weight excluding hydrogens is 310 g/mol. The fourth-order valence-corrected chi connectivity index (χ4v) is 3.14. The minimum Gasteiger partial charge on any atom is -0.459 e. The minimum absolute atomic E-state index is 0.106. The Morgan fingerprint density at radius 3 is 2.67 bits per heavy atom. The Balaban J connectivity index is 1.33. The van der Waals surface area contributed by atoms with Crippen molar-refractivity contribution in [2.24, 2.45) is 0 Å². The standard InChI is InChI=1S/C17H25N3O4/c21-16(5-6-18-13-14-3-1-11-23-14)19-7-9-20(10-8-19)17(22)15-4-2-12-24-15/h2,4,12,14,18H,1,3,5-11,13H2. The predicted molar refractivity (Wildman–Crippen MR) is 87.7 cm³/mol. The zero-order chi connectivity index (χ0) is 16.8. The largest absolute Gasteiger partial charge is 0.459 e. The van der Waals surface area contributed by atoms with Crippen LogP contribution in [0.1, 0.15) is 29.8 Å². The molecule has 2 aliphatic heterocycles. The topological polar surface area (TPSA) is 75.0 Å². The maximum absolute atomic E-state index is 12.2. The van der Waals surface area contributed by atoms with E-state index in [9.17, 15) is 9.59 Å². The van der Waals surface area contributed by atoms with Crippen LogP contribution in [0.15, 0.2) is 22.8 Å². The molecule has 7 nitrogen and oxygen atoms in total. The normalized spacial score (nSPS) is 21.2. The second-order valence-corrected chi connectivity index (χ2v) is 6.24. The number of carbonyl (C=O) groups excluding carboxylic acids is 2. The fraction of sp³-hybridized carbons (Fsp3) is 0.647. The molecule has 1 aromatic heterocycles. The molecule has 0 bridgehead atoms. The van der Waals surface area contributed by atoms with E-state index < -0.39 is 0 Å². The molecule has 2 aliphatic rings. The van der Waals surface area contributed by atoms with Crippen LogP contribution in [0.25, 0.3) is 0 Å². The molecule has 1 N–H and O–H groups in total. The van der Waals surface area contributed by atoms with Crippen molar-refractivity contribution in [2.75, 3.05) is 45.9 Å². The number of nitrogens with one attached hydrogen (secondary N) is 1. The van der Waals surface area contributed by atoms with Crippen molar-refractivity contribution in [2.45, 2.75) is 25.4 Å². The third kappa shape index (κ3) is 4.36. The first-order chi connectivity index (χ1) is 11.7. The predicted octanol–water partition coefficient (Wildman–Crippen LogP) is 0.723. The van der Waals surface area contributed by atoms with Gasteiger partial charge in [0.1, 0.15) is 0 Å². The van der Waals surface area contributed by atoms with Crippen molar-refractivity contribution >= 4 is 11.8 Å². The molecule has 24 heavy (non-hydrogen) atoms. The molecule has 132 valence electrons. The summed E-state index contributed by atoms with van der Waals surface area (Å²) in [4.78, 5) is 28.0. The average molecular weight is 335 g/mol. The smallest absolute Gasteiger partial charge is 0.289 e. The Kier molecular flexibility index (Phi) is 5.87. The number of carbonyl (C=O) groups is 2. The minimum atomic E-state index is -0.106. The Morgan fingerprint density at radius 2 is 2.00 bits per heavy atom. The van der Waals surface area contributed by atoms with E-state index in [4.69, 9.17) is 9.15 Å². The zero-order valence-corrected chi connectivity index (χ0v) is 13.9. The van der Waals surface area contributed by atoms with Gasteiger partial charge in [-0.3, -0.25) is 9.59 Å². The van der Waals surface area contributed by atoms with Crippen LogP contribution in [0.2, 0.25) is 0 Å². The molecule has 3 rings (SSSR count). The molecule has 0 spiro atoms. The van der Waals surface area contributed by atoms with Gasteiger partial charge < -0.3 is 24.3 Å². The van der Waals surface area contributed by atoms with Gasteiger partial charge in [-0.1, -0.05) is 0 Å². The lowest BCUT2D eigenvalue weighted by atomic mass is 10.2. The summed E-state index contributed by atoms with van der Waals surface area (Å²) in [5, 5.41) is 3.29. The summed E-state index contributed by atoms with van der Waals surface area (Å²) in [6, 6.07) is 3.37. The van der Waals surface area contributed by atoms with Crippen molar-refractivity contribution in [1.29, 1.82) is 0 Å². The second-order valence-electron chi connectivity index (χ2n) is 6.24. The van der Waals surface area contributed by atoms with Crippen LogP contribution in [-0.2, 0) is 9.53 Å². The van der Waals surface area contributed by atoms with Gasteiger partial charge in [0.2, 0.25) is 5.91 Å². The van der Waals surface area contributed by atoms with Gasteiger partial charge in [0.15, 0.2) is 5.76 Å². The Labute approximate surface area is 141 Å². The summed E-state index contributed by atoms with van der Waals surface area (Å²) in [5.74, 6) is 0.387. The second kappa shape index (κ2) is 8.30. The van der Waals surface area contributed by atoms with E-state index in [1.165, 1.54) is 6.26 Å². The maximum Gasteiger partial charge on any atom is 0.289 e. The molecule has 1 unspecified atom stereocenters. The van der Waals surface area contributed by atoms with Crippen molar-refractivity contribution < 1.29 is 18.7 Å². The molecule has 0 saturated carbocycles. The summed E-state index contributed by atoms with van der Waals surface area (Å²) >= 11 is 0. The van der Waals surface area contributed by atoms with Crippen LogP contribution in [-0.4, -0.2) is 73.6 Å². The highest BCUT2D eigenvalue weighted by atomic mass is 16.5. The highest BCUT2D eigenvalue weighted by Crippen LogP contribution is 2.11. The van der Waals surface area contributed by atoms with Crippen molar-refractivity contribution in [3.05, 3.63) is 24.2 Å². The highest BCUT2D eigenvalue weighted by Gasteiger charge is 2.25. The SMILES string of the molecule is O=C(CCNCC1CCCO1)N1CCN(C(=O)c2ccco2)CC1. The summed E-state index contributed by atoms with van der Waals surface area (Å²) in [5.41, 5.74) is 0. The number of rotatable bonds is 6. The maximum atomic E-state index is 12.2. The number of amides is 2. The number of ether oxygens (including phenoxy) is 1. The van der Waals surface area contributed by atoms with E-state index in [1.807, 2.05) is 4.90 Å². The monoisotopic (exact) mass is 335 g/mol. The van der Waals surface area contributed by atoms with Crippen molar-refractivity contribution in [3.63, 3.8) is 0 Å². The van der Waals surface area contributed by atoms with Crippen LogP contribution in [0.4, 0.5) is 0 Å². The highest BCUT2D eigenvalue weighted by molar-refractivity contribution is 5.91. The average Bonchev–Trinajstić information content (AvgIpc) is 3.31. The molecule has 0 aliphatic carbocycles. The lowest BCUT2D eigenvalue weighted by Gasteiger charge is -2.34. The van der Waals surface area contributed by atoms with E-state index in [0.717, 1.165) is 26.0 Å². The zero-order valence-electron chi connectivity index (χ0n) is 13.9. The van der Waals surface area contributed by atoms with Crippen LogP contribution in [0, 0.1) is 0 Å². The molecule has 7 heteroatoms. The number of hydrogen-bond acceptors (Lipinski definition) is 5. The molecule has 1 aromatic rings. The summed E-state index contributed by atoms with van der Waals surface area (Å²) in [6.45, 7) is 4.60. The molecule has 2 fully saturated rings. The number of piperazine rings is 1. The number of hydrogen-bond donors (Lipinski definition) is 1. The van der Waals surface area contributed by atoms with E-state index in [-0.39, 0.29) is 11.8 Å². The van der Waals surface area contributed by atoms with Gasteiger partial charge in [-0.15, -0.1) is 0 Å². The van der Waals surface area contributed by atoms with Gasteiger partial charge in [0.05, 0.1) is 12.4 Å². The lowest BCUT2D eigenvalue weighted by molar-refractivity contribution is -0.132. The Morgan fingerprint density at radius 1 is 1.21 bits per heavy atom. The number of furan rings is 1. The Hall–Kier alpha value is -1.86. The van der Waals surface area contributed by atoms with Crippen LogP contribution >= 0.6 is 0 Å². The molecule has 1 atom stereocenters. The van der Waals surface area contributed by atoms with Gasteiger partial charge in [0.25, 0.3) is 5.91 Å². The van der Waals surface area contributed by atoms with Crippen molar-refractivity contribution in [3.8, 4) is 0 Å². The third-order valence-corrected chi connectivity index (χ3v) is 4.56. The summed E-state index contributed by atoms with van der Waals surface area (Å²) in [7, 11) is 0. The van der Waals surface area contributed by atoms with E-state index in [0.29, 0.717) is 51.0 Å². The molecular formula is C17H25N3O4. The van der Waals surface area contributed by atoms with Gasteiger partial charge in [-0.25, -0.2) is 0 Å². The van der Waals surface area contributed by atoms with E-state index in [1.54, 1.807) is 17.0 Å². The molecule has 0 radical (unpaired) electrons. The van der Waals surface area contributed by atoms with Crippen LogP contribution in [0.5, 0.6) is 0 Å². The molecule has 3 heterocycles.